The third kappa shape index (κ3) is 2.54. The molecule has 20 heavy (non-hydrogen) atoms. The molecule has 0 aliphatic carbocycles. The zero-order valence-corrected chi connectivity index (χ0v) is 12.2. The molecule has 1 aliphatic rings. The molecule has 1 fully saturated rings. The second kappa shape index (κ2) is 5.87. The summed E-state index contributed by atoms with van der Waals surface area (Å²) in [5.74, 6) is -0.0924. The first-order valence-corrected chi connectivity index (χ1v) is 7.52. The lowest BCUT2D eigenvalue weighted by Gasteiger charge is -2.36. The lowest BCUT2D eigenvalue weighted by atomic mass is 10.0. The summed E-state index contributed by atoms with van der Waals surface area (Å²) in [4.78, 5) is 14.3. The normalized spacial score (nSPS) is 19.1. The van der Waals surface area contributed by atoms with Crippen molar-refractivity contribution in [2.24, 2.45) is 0 Å². The molecule has 104 valence electrons. The van der Waals surface area contributed by atoms with Crippen LogP contribution in [0.25, 0.3) is 0 Å². The number of nitrogens with one attached hydrogen (secondary N) is 1. The van der Waals surface area contributed by atoms with Gasteiger partial charge in [0, 0.05) is 30.0 Å². The second-order valence-corrected chi connectivity index (χ2v) is 5.55. The van der Waals surface area contributed by atoms with E-state index in [1.54, 1.807) is 5.38 Å². The van der Waals surface area contributed by atoms with Gasteiger partial charge in [-0.25, -0.2) is 0 Å². The van der Waals surface area contributed by atoms with Crippen LogP contribution in [0.2, 0.25) is 5.02 Å². The molecular formula is C13H13ClN4OS. The Morgan fingerprint density at radius 1 is 1.45 bits per heavy atom. The van der Waals surface area contributed by atoms with Gasteiger partial charge in [0.15, 0.2) is 5.69 Å². The van der Waals surface area contributed by atoms with Crippen LogP contribution in [0.4, 0.5) is 0 Å². The summed E-state index contributed by atoms with van der Waals surface area (Å²) >= 11 is 7.44. The molecule has 1 atom stereocenters. The molecule has 0 radical (unpaired) electrons. The predicted molar refractivity (Wildman–Crippen MR) is 78.0 cm³/mol. The summed E-state index contributed by atoms with van der Waals surface area (Å²) in [5.41, 5.74) is 1.35. The highest BCUT2D eigenvalue weighted by molar-refractivity contribution is 7.03. The van der Waals surface area contributed by atoms with Crippen LogP contribution in [0, 0.1) is 0 Å². The molecule has 2 heterocycles. The van der Waals surface area contributed by atoms with Crippen LogP contribution in [0.3, 0.4) is 0 Å². The Labute approximate surface area is 125 Å². The van der Waals surface area contributed by atoms with Crippen LogP contribution in [0.15, 0.2) is 29.6 Å². The fourth-order valence-electron chi connectivity index (χ4n) is 2.38. The molecule has 1 N–H and O–H groups in total. The summed E-state index contributed by atoms with van der Waals surface area (Å²) in [6.45, 7) is 2.09. The largest absolute Gasteiger partial charge is 0.328 e. The fraction of sp³-hybridized carbons (Fsp3) is 0.308. The average molecular weight is 309 g/mol. The van der Waals surface area contributed by atoms with Gasteiger partial charge >= 0.3 is 0 Å². The topological polar surface area (TPSA) is 58.1 Å². The van der Waals surface area contributed by atoms with E-state index in [4.69, 9.17) is 11.6 Å². The Bertz CT molecular complexity index is 604. The molecule has 7 heteroatoms. The first-order chi connectivity index (χ1) is 9.77. The first-order valence-electron chi connectivity index (χ1n) is 6.30. The van der Waals surface area contributed by atoms with E-state index in [0.29, 0.717) is 23.8 Å². The number of carbonyl (C=O) groups is 1. The minimum Gasteiger partial charge on any atom is -0.328 e. The number of carbonyl (C=O) groups excluding carboxylic acids is 1. The molecule has 5 nitrogen and oxygen atoms in total. The number of benzene rings is 1. The van der Waals surface area contributed by atoms with Gasteiger partial charge in [0.1, 0.15) is 0 Å². The van der Waals surface area contributed by atoms with E-state index in [-0.39, 0.29) is 11.9 Å². The zero-order valence-electron chi connectivity index (χ0n) is 10.6. The van der Waals surface area contributed by atoms with Crippen molar-refractivity contribution in [3.63, 3.8) is 0 Å². The molecule has 1 aromatic carbocycles. The van der Waals surface area contributed by atoms with Crippen LogP contribution in [-0.4, -0.2) is 40.0 Å². The van der Waals surface area contributed by atoms with Gasteiger partial charge in [-0.05, 0) is 23.2 Å². The third-order valence-electron chi connectivity index (χ3n) is 3.35. The molecule has 1 aromatic heterocycles. The third-order valence-corrected chi connectivity index (χ3v) is 4.20. The summed E-state index contributed by atoms with van der Waals surface area (Å²) in [6.07, 6.45) is 0. The van der Waals surface area contributed by atoms with Gasteiger partial charge < -0.3 is 10.2 Å². The van der Waals surface area contributed by atoms with Gasteiger partial charge in [0.25, 0.3) is 5.91 Å². The number of nitrogens with zero attached hydrogens (tertiary/aromatic N) is 3. The summed E-state index contributed by atoms with van der Waals surface area (Å²) in [5, 5.41) is 9.52. The van der Waals surface area contributed by atoms with Crippen molar-refractivity contribution >= 4 is 29.0 Å². The number of halogens is 1. The van der Waals surface area contributed by atoms with E-state index in [9.17, 15) is 4.79 Å². The second-order valence-electron chi connectivity index (χ2n) is 4.53. The zero-order chi connectivity index (χ0) is 13.9. The van der Waals surface area contributed by atoms with Crippen molar-refractivity contribution in [1.82, 2.24) is 19.8 Å². The number of aromatic nitrogens is 2. The maximum atomic E-state index is 12.5. The Morgan fingerprint density at radius 3 is 3.05 bits per heavy atom. The Balaban J connectivity index is 1.92. The monoisotopic (exact) mass is 308 g/mol. The van der Waals surface area contributed by atoms with Gasteiger partial charge in [-0.3, -0.25) is 4.79 Å². The van der Waals surface area contributed by atoms with Crippen molar-refractivity contribution in [2.45, 2.75) is 6.04 Å². The minimum absolute atomic E-state index is 0.0772. The number of rotatable bonds is 2. The van der Waals surface area contributed by atoms with Crippen LogP contribution >= 0.6 is 23.1 Å². The van der Waals surface area contributed by atoms with E-state index in [1.165, 1.54) is 11.5 Å². The van der Waals surface area contributed by atoms with Crippen LogP contribution in [0.5, 0.6) is 0 Å². The quantitative estimate of drug-likeness (QED) is 0.921. The lowest BCUT2D eigenvalue weighted by Crippen LogP contribution is -2.48. The minimum atomic E-state index is -0.0924. The highest BCUT2D eigenvalue weighted by atomic mass is 35.5. The molecule has 1 amide bonds. The van der Waals surface area contributed by atoms with Crippen LogP contribution in [0.1, 0.15) is 22.1 Å². The summed E-state index contributed by atoms with van der Waals surface area (Å²) in [7, 11) is 0. The van der Waals surface area contributed by atoms with Crippen molar-refractivity contribution in [3.05, 3.63) is 45.9 Å². The maximum absolute atomic E-state index is 12.5. The first kappa shape index (κ1) is 13.5. The van der Waals surface area contributed by atoms with Crippen molar-refractivity contribution in [2.75, 3.05) is 19.6 Å². The number of amides is 1. The van der Waals surface area contributed by atoms with Gasteiger partial charge in [0.05, 0.1) is 6.04 Å². The molecular weight excluding hydrogens is 296 g/mol. The molecule has 1 unspecified atom stereocenters. The SMILES string of the molecule is O=C(c1csnn1)N1CCNCC1c1ccccc1Cl. The summed E-state index contributed by atoms with van der Waals surface area (Å²) in [6, 6.07) is 7.55. The molecule has 0 spiro atoms. The molecule has 1 aliphatic heterocycles. The number of hydrogen-bond donors (Lipinski definition) is 1. The lowest BCUT2D eigenvalue weighted by molar-refractivity contribution is 0.0628. The van der Waals surface area contributed by atoms with Crippen molar-refractivity contribution in [3.8, 4) is 0 Å². The smallest absolute Gasteiger partial charge is 0.275 e. The molecule has 2 aromatic rings. The van der Waals surface area contributed by atoms with Crippen LogP contribution < -0.4 is 5.32 Å². The standard InChI is InChI=1S/C13H13ClN4OS/c14-10-4-2-1-3-9(10)12-7-15-5-6-18(12)13(19)11-8-20-17-16-11/h1-4,8,12,15H,5-7H2. The molecule has 0 bridgehead atoms. The number of hydrogen-bond acceptors (Lipinski definition) is 5. The Kier molecular flexibility index (Phi) is 3.95. The van der Waals surface area contributed by atoms with E-state index in [0.717, 1.165) is 12.1 Å². The van der Waals surface area contributed by atoms with Gasteiger partial charge in [-0.2, -0.15) is 0 Å². The predicted octanol–water partition coefficient (Wildman–Crippen LogP) is 1.98. The van der Waals surface area contributed by atoms with E-state index in [1.807, 2.05) is 29.2 Å². The maximum Gasteiger partial charge on any atom is 0.275 e. The average Bonchev–Trinajstić information content (AvgIpc) is 3.01. The molecule has 0 saturated carbocycles. The highest BCUT2D eigenvalue weighted by Crippen LogP contribution is 2.29. The van der Waals surface area contributed by atoms with Gasteiger partial charge in [0.2, 0.25) is 0 Å². The van der Waals surface area contributed by atoms with E-state index >= 15 is 0 Å². The van der Waals surface area contributed by atoms with Gasteiger partial charge in [-0.15, -0.1) is 5.10 Å². The van der Waals surface area contributed by atoms with E-state index in [2.05, 4.69) is 14.9 Å². The molecule has 1 saturated heterocycles. The van der Waals surface area contributed by atoms with Gasteiger partial charge in [-0.1, -0.05) is 34.3 Å². The van der Waals surface area contributed by atoms with Crippen LogP contribution in [-0.2, 0) is 0 Å². The van der Waals surface area contributed by atoms with Crippen molar-refractivity contribution in [1.29, 1.82) is 0 Å². The summed E-state index contributed by atoms with van der Waals surface area (Å²) < 4.78 is 3.76. The molecule has 3 rings (SSSR count). The highest BCUT2D eigenvalue weighted by Gasteiger charge is 2.30. The van der Waals surface area contributed by atoms with E-state index < -0.39 is 0 Å². The fourth-order valence-corrected chi connectivity index (χ4v) is 3.07. The Morgan fingerprint density at radius 2 is 2.30 bits per heavy atom. The number of piperazine rings is 1. The Hall–Kier alpha value is -1.50. The van der Waals surface area contributed by atoms with Crippen molar-refractivity contribution < 1.29 is 4.79 Å².